The number of rotatable bonds is 4. The molecule has 2 aromatic carbocycles. The number of hydrogen-bond donors (Lipinski definition) is 1. The van der Waals surface area contributed by atoms with Crippen LogP contribution in [0.4, 0.5) is 5.82 Å². The van der Waals surface area contributed by atoms with E-state index >= 15 is 0 Å². The molecule has 4 aromatic rings. The molecule has 1 aliphatic rings. The number of aromatic nitrogens is 3. The van der Waals surface area contributed by atoms with Gasteiger partial charge in [0.15, 0.2) is 0 Å². The molecule has 0 radical (unpaired) electrons. The number of anilines is 1. The average molecular weight is 467 g/mol. The quantitative estimate of drug-likeness (QED) is 0.361. The van der Waals surface area contributed by atoms with Crippen LogP contribution >= 0.6 is 23.2 Å². The summed E-state index contributed by atoms with van der Waals surface area (Å²) in [5, 5.41) is 3.44. The molecule has 2 aromatic heterocycles. The average Bonchev–Trinajstić information content (AvgIpc) is 2.79. The second-order valence-corrected chi connectivity index (χ2v) is 8.68. The Kier molecular flexibility index (Phi) is 5.55. The SMILES string of the molecule is Nc1ncnc2cc(CN3CCN(C(Cl)c4cc5ccc(Cl)cc5cn4)CC3=O)ccc12. The lowest BCUT2D eigenvalue weighted by Gasteiger charge is -2.36. The van der Waals surface area contributed by atoms with E-state index < -0.39 is 5.50 Å². The van der Waals surface area contributed by atoms with Crippen LogP contribution in [0.2, 0.25) is 5.02 Å². The molecule has 162 valence electrons. The van der Waals surface area contributed by atoms with Gasteiger partial charge < -0.3 is 10.6 Å². The highest BCUT2D eigenvalue weighted by Crippen LogP contribution is 2.29. The maximum atomic E-state index is 12.9. The Labute approximate surface area is 194 Å². The normalized spacial score (nSPS) is 16.1. The predicted octanol–water partition coefficient (Wildman–Crippen LogP) is 4.00. The van der Waals surface area contributed by atoms with Gasteiger partial charge in [-0.3, -0.25) is 14.7 Å². The Morgan fingerprint density at radius 1 is 1.03 bits per heavy atom. The first-order valence-electron chi connectivity index (χ1n) is 10.2. The van der Waals surface area contributed by atoms with Crippen LogP contribution in [0.5, 0.6) is 0 Å². The first kappa shape index (κ1) is 20.9. The fourth-order valence-electron chi connectivity index (χ4n) is 3.98. The van der Waals surface area contributed by atoms with E-state index in [1.54, 1.807) is 6.20 Å². The number of nitrogens with zero attached hydrogens (tertiary/aromatic N) is 5. The lowest BCUT2D eigenvalue weighted by Crippen LogP contribution is -2.50. The molecule has 7 nitrogen and oxygen atoms in total. The molecule has 9 heteroatoms. The van der Waals surface area contributed by atoms with Gasteiger partial charge in [-0.2, -0.15) is 0 Å². The molecule has 1 atom stereocenters. The van der Waals surface area contributed by atoms with E-state index in [4.69, 9.17) is 28.9 Å². The van der Waals surface area contributed by atoms with E-state index in [1.807, 2.05) is 52.3 Å². The molecule has 1 aliphatic heterocycles. The van der Waals surface area contributed by atoms with Gasteiger partial charge in [0.2, 0.25) is 5.91 Å². The van der Waals surface area contributed by atoms with Crippen LogP contribution in [-0.4, -0.2) is 50.3 Å². The minimum absolute atomic E-state index is 0.0248. The standard InChI is InChI=1S/C23H20Cl2N6O/c24-17-3-2-15-9-20(27-10-16(15)8-17)22(25)31-6-5-30(21(32)12-31)11-14-1-4-18-19(7-14)28-13-29-23(18)26/h1-4,7-10,13,22H,5-6,11-12H2,(H2,26,28,29). The highest BCUT2D eigenvalue weighted by Gasteiger charge is 2.29. The molecular weight excluding hydrogens is 447 g/mol. The van der Waals surface area contributed by atoms with Crippen LogP contribution in [0.3, 0.4) is 0 Å². The number of nitrogens with two attached hydrogens (primary N) is 1. The zero-order valence-electron chi connectivity index (χ0n) is 17.1. The van der Waals surface area contributed by atoms with Crippen molar-refractivity contribution in [2.75, 3.05) is 25.4 Å². The molecule has 0 aliphatic carbocycles. The lowest BCUT2D eigenvalue weighted by molar-refractivity contribution is -0.137. The second-order valence-electron chi connectivity index (χ2n) is 7.83. The van der Waals surface area contributed by atoms with Gasteiger partial charge in [-0.1, -0.05) is 35.3 Å². The summed E-state index contributed by atoms with van der Waals surface area (Å²) >= 11 is 12.8. The number of alkyl halides is 1. The van der Waals surface area contributed by atoms with Gasteiger partial charge in [0, 0.05) is 41.6 Å². The lowest BCUT2D eigenvalue weighted by atomic mass is 10.1. The van der Waals surface area contributed by atoms with E-state index in [2.05, 4.69) is 15.0 Å². The van der Waals surface area contributed by atoms with Gasteiger partial charge in [-0.05, 0) is 41.3 Å². The summed E-state index contributed by atoms with van der Waals surface area (Å²) in [6.45, 7) is 1.98. The highest BCUT2D eigenvalue weighted by atomic mass is 35.5. The molecule has 32 heavy (non-hydrogen) atoms. The topological polar surface area (TPSA) is 88.2 Å². The van der Waals surface area contributed by atoms with Gasteiger partial charge in [-0.15, -0.1) is 0 Å². The Morgan fingerprint density at radius 3 is 2.75 bits per heavy atom. The van der Waals surface area contributed by atoms with E-state index in [0.717, 1.165) is 32.9 Å². The van der Waals surface area contributed by atoms with Crippen molar-refractivity contribution < 1.29 is 4.79 Å². The van der Waals surface area contributed by atoms with Crippen molar-refractivity contribution in [3.05, 3.63) is 71.3 Å². The Balaban J connectivity index is 1.28. The summed E-state index contributed by atoms with van der Waals surface area (Å²) in [4.78, 5) is 29.4. The fourth-order valence-corrected chi connectivity index (χ4v) is 4.44. The zero-order valence-corrected chi connectivity index (χ0v) is 18.6. The van der Waals surface area contributed by atoms with Crippen LogP contribution in [0.15, 0.2) is 55.0 Å². The van der Waals surface area contributed by atoms with E-state index in [-0.39, 0.29) is 12.5 Å². The fraction of sp³-hybridized carbons (Fsp3) is 0.217. The first-order chi connectivity index (χ1) is 15.5. The molecular formula is C23H20Cl2N6O. The smallest absolute Gasteiger partial charge is 0.237 e. The molecule has 3 heterocycles. The summed E-state index contributed by atoms with van der Waals surface area (Å²) < 4.78 is 0. The number of halogens is 2. The minimum Gasteiger partial charge on any atom is -0.383 e. The second kappa shape index (κ2) is 8.50. The summed E-state index contributed by atoms with van der Waals surface area (Å²) in [6.07, 6.45) is 3.21. The monoisotopic (exact) mass is 466 g/mol. The third kappa shape index (κ3) is 4.07. The van der Waals surface area contributed by atoms with Crippen molar-refractivity contribution in [2.45, 2.75) is 12.0 Å². The maximum absolute atomic E-state index is 12.9. The number of piperazine rings is 1. The molecule has 5 rings (SSSR count). The minimum atomic E-state index is -0.485. The van der Waals surface area contributed by atoms with Gasteiger partial charge >= 0.3 is 0 Å². The van der Waals surface area contributed by atoms with Crippen molar-refractivity contribution in [3.63, 3.8) is 0 Å². The molecule has 1 unspecified atom stereocenters. The van der Waals surface area contributed by atoms with E-state index in [9.17, 15) is 4.79 Å². The largest absolute Gasteiger partial charge is 0.383 e. The van der Waals surface area contributed by atoms with Crippen molar-refractivity contribution >= 4 is 56.6 Å². The molecule has 1 fully saturated rings. The van der Waals surface area contributed by atoms with Gasteiger partial charge in [0.05, 0.1) is 17.8 Å². The highest BCUT2D eigenvalue weighted by molar-refractivity contribution is 6.31. The van der Waals surface area contributed by atoms with E-state index in [1.165, 1.54) is 6.33 Å². The molecule has 0 spiro atoms. The number of benzene rings is 2. The van der Waals surface area contributed by atoms with Gasteiger partial charge in [-0.25, -0.2) is 9.97 Å². The first-order valence-corrected chi connectivity index (χ1v) is 11.0. The third-order valence-corrected chi connectivity index (χ3v) is 6.46. The number of pyridine rings is 1. The number of carbonyl (C=O) groups excluding carboxylic acids is 1. The van der Waals surface area contributed by atoms with Crippen molar-refractivity contribution in [3.8, 4) is 0 Å². The summed E-state index contributed by atoms with van der Waals surface area (Å²) in [6, 6.07) is 13.4. The predicted molar refractivity (Wildman–Crippen MR) is 126 cm³/mol. The van der Waals surface area contributed by atoms with Crippen molar-refractivity contribution in [1.82, 2.24) is 24.8 Å². The van der Waals surface area contributed by atoms with Crippen LogP contribution in [0.1, 0.15) is 16.8 Å². The summed E-state index contributed by atoms with van der Waals surface area (Å²) in [5.74, 6) is 0.474. The zero-order chi connectivity index (χ0) is 22.2. The molecule has 0 bridgehead atoms. The van der Waals surface area contributed by atoms with Crippen LogP contribution in [0, 0.1) is 0 Å². The Hall–Kier alpha value is -3.00. The Bertz CT molecular complexity index is 1330. The number of fused-ring (bicyclic) bond motifs is 2. The van der Waals surface area contributed by atoms with Crippen molar-refractivity contribution in [1.29, 1.82) is 0 Å². The molecule has 0 saturated carbocycles. The van der Waals surface area contributed by atoms with Crippen molar-refractivity contribution in [2.24, 2.45) is 0 Å². The van der Waals surface area contributed by atoms with Crippen LogP contribution < -0.4 is 5.73 Å². The van der Waals surface area contributed by atoms with Gasteiger partial charge in [0.1, 0.15) is 17.6 Å². The number of amides is 1. The number of carbonyl (C=O) groups is 1. The Morgan fingerprint density at radius 2 is 1.91 bits per heavy atom. The third-order valence-electron chi connectivity index (χ3n) is 5.72. The van der Waals surface area contributed by atoms with Gasteiger partial charge in [0.25, 0.3) is 0 Å². The number of hydrogen-bond acceptors (Lipinski definition) is 6. The maximum Gasteiger partial charge on any atom is 0.237 e. The summed E-state index contributed by atoms with van der Waals surface area (Å²) in [7, 11) is 0. The number of nitrogen functional groups attached to an aromatic ring is 1. The van der Waals surface area contributed by atoms with Crippen LogP contribution in [-0.2, 0) is 11.3 Å². The van der Waals surface area contributed by atoms with Crippen LogP contribution in [0.25, 0.3) is 21.7 Å². The molecule has 1 amide bonds. The molecule has 1 saturated heterocycles. The van der Waals surface area contributed by atoms with E-state index in [0.29, 0.717) is 30.5 Å². The summed E-state index contributed by atoms with van der Waals surface area (Å²) in [5.41, 5.74) is 7.89. The molecule has 2 N–H and O–H groups in total.